The van der Waals surface area contributed by atoms with Crippen LogP contribution in [0.15, 0.2) is 0 Å². The van der Waals surface area contributed by atoms with Crippen LogP contribution in [0.4, 0.5) is 0 Å². The molecule has 0 saturated heterocycles. The molecule has 0 fully saturated rings. The summed E-state index contributed by atoms with van der Waals surface area (Å²) in [4.78, 5) is 10.4. The van der Waals surface area contributed by atoms with Crippen LogP contribution < -0.4 is 0 Å². The average Bonchev–Trinajstić information content (AvgIpc) is 1.86. The Morgan fingerprint density at radius 3 is 1.78 bits per heavy atom. The van der Waals surface area contributed by atoms with Crippen LogP contribution in [0.25, 0.3) is 0 Å². The molecule has 0 saturated carbocycles. The summed E-state index contributed by atoms with van der Waals surface area (Å²) < 4.78 is 0. The molecule has 0 spiro atoms. The molecule has 4 nitrogen and oxygen atoms in total. The highest BCUT2D eigenvalue weighted by Gasteiger charge is 2.30. The summed E-state index contributed by atoms with van der Waals surface area (Å²) in [7, 11) is 0. The minimum absolute atomic E-state index is 0.632. The quantitative estimate of drug-likeness (QED) is 0.429. The lowest BCUT2D eigenvalue weighted by molar-refractivity contribution is -0.144. The maximum Gasteiger partial charge on any atom is 0.168 e. The molecule has 0 amide bonds. The van der Waals surface area contributed by atoms with E-state index in [0.717, 1.165) is 6.92 Å². The van der Waals surface area contributed by atoms with E-state index in [1.807, 2.05) is 0 Å². The molecule has 3 N–H and O–H groups in total. The van der Waals surface area contributed by atoms with Gasteiger partial charge < -0.3 is 15.3 Å². The van der Waals surface area contributed by atoms with Crippen molar-refractivity contribution in [1.82, 2.24) is 0 Å². The number of Topliss-reactive ketones (excluding diaryl/α,β-unsaturated/α-hetero) is 1. The Labute approximate surface area is 52.7 Å². The van der Waals surface area contributed by atoms with Gasteiger partial charge in [0, 0.05) is 0 Å². The Bertz CT molecular complexity index is 106. The van der Waals surface area contributed by atoms with E-state index in [1.54, 1.807) is 0 Å². The topological polar surface area (TPSA) is 77.8 Å². The molecular weight excluding hydrogens is 124 g/mol. The molecule has 9 heavy (non-hydrogen) atoms. The average molecular weight is 134 g/mol. The van der Waals surface area contributed by atoms with Gasteiger partial charge >= 0.3 is 0 Å². The molecule has 4 heteroatoms. The van der Waals surface area contributed by atoms with Gasteiger partial charge in [-0.1, -0.05) is 0 Å². The fourth-order valence-electron chi connectivity index (χ4n) is 0.273. The molecule has 54 valence electrons. The first-order valence-electron chi connectivity index (χ1n) is 2.52. The summed E-state index contributed by atoms with van der Waals surface area (Å²) in [5, 5.41) is 25.5. The van der Waals surface area contributed by atoms with Gasteiger partial charge in [-0.25, -0.2) is 0 Å². The Morgan fingerprint density at radius 1 is 1.44 bits per heavy atom. The normalized spacial score (nSPS) is 11.6. The Balaban J connectivity index is 4.09. The monoisotopic (exact) mass is 134 g/mol. The second-order valence-corrected chi connectivity index (χ2v) is 1.90. The van der Waals surface area contributed by atoms with Crippen LogP contribution >= 0.6 is 0 Å². The van der Waals surface area contributed by atoms with Crippen molar-refractivity contribution >= 4 is 5.78 Å². The first-order chi connectivity index (χ1) is 4.06. The third kappa shape index (κ3) is 1.74. The molecule has 0 bridgehead atoms. The number of aliphatic hydroxyl groups is 3. The van der Waals surface area contributed by atoms with Crippen molar-refractivity contribution < 1.29 is 20.1 Å². The summed E-state index contributed by atoms with van der Waals surface area (Å²) in [5.41, 5.74) is -1.94. The minimum Gasteiger partial charge on any atom is -0.393 e. The molecule has 0 aliphatic heterocycles. The zero-order chi connectivity index (χ0) is 7.49. The summed E-state index contributed by atoms with van der Waals surface area (Å²) in [6, 6.07) is 0. The van der Waals surface area contributed by atoms with Crippen LogP contribution in [-0.2, 0) is 4.79 Å². The Hall–Kier alpha value is -0.450. The van der Waals surface area contributed by atoms with E-state index in [4.69, 9.17) is 15.3 Å². The maximum atomic E-state index is 10.4. The molecule has 0 heterocycles. The second-order valence-electron chi connectivity index (χ2n) is 1.90. The van der Waals surface area contributed by atoms with Crippen molar-refractivity contribution in [2.75, 3.05) is 13.2 Å². The number of rotatable bonds is 3. The summed E-state index contributed by atoms with van der Waals surface area (Å²) in [5.74, 6) is -0.632. The SMILES string of the molecule is CC(=O)C(O)(CO)CO. The zero-order valence-corrected chi connectivity index (χ0v) is 5.16. The molecular formula is C5H10O4. The smallest absolute Gasteiger partial charge is 0.168 e. The summed E-state index contributed by atoms with van der Waals surface area (Å²) in [6.07, 6.45) is 0. The van der Waals surface area contributed by atoms with Gasteiger partial charge in [-0.2, -0.15) is 0 Å². The van der Waals surface area contributed by atoms with Crippen LogP contribution in [0.2, 0.25) is 0 Å². The number of carbonyl (C=O) groups excluding carboxylic acids is 1. The van der Waals surface area contributed by atoms with Crippen molar-refractivity contribution in [3.63, 3.8) is 0 Å². The van der Waals surface area contributed by atoms with Crippen molar-refractivity contribution in [1.29, 1.82) is 0 Å². The van der Waals surface area contributed by atoms with Crippen LogP contribution in [0.3, 0.4) is 0 Å². The third-order valence-electron chi connectivity index (χ3n) is 1.18. The van der Waals surface area contributed by atoms with Gasteiger partial charge in [-0.15, -0.1) is 0 Å². The number of hydrogen-bond acceptors (Lipinski definition) is 4. The lowest BCUT2D eigenvalue weighted by Crippen LogP contribution is -2.44. The standard InChI is InChI=1S/C5H10O4/c1-4(8)5(9,2-6)3-7/h6-7,9H,2-3H2,1H3. The molecule has 0 aromatic heterocycles. The molecule has 0 aliphatic rings. The van der Waals surface area contributed by atoms with Crippen molar-refractivity contribution in [2.45, 2.75) is 12.5 Å². The van der Waals surface area contributed by atoms with E-state index in [-0.39, 0.29) is 0 Å². The van der Waals surface area contributed by atoms with Gasteiger partial charge in [0.1, 0.15) is 0 Å². The number of aliphatic hydroxyl groups excluding tert-OH is 2. The van der Waals surface area contributed by atoms with Gasteiger partial charge in [-0.3, -0.25) is 4.79 Å². The highest BCUT2D eigenvalue weighted by molar-refractivity contribution is 5.84. The molecule has 0 unspecified atom stereocenters. The fraction of sp³-hybridized carbons (Fsp3) is 0.800. The van der Waals surface area contributed by atoms with Gasteiger partial charge in [-0.05, 0) is 6.92 Å². The molecule has 0 aliphatic carbocycles. The molecule has 0 aromatic rings. The van der Waals surface area contributed by atoms with E-state index >= 15 is 0 Å². The molecule has 0 atom stereocenters. The molecule has 0 aromatic carbocycles. The highest BCUT2D eigenvalue weighted by Crippen LogP contribution is 2.01. The summed E-state index contributed by atoms with van der Waals surface area (Å²) in [6.45, 7) is -0.371. The third-order valence-corrected chi connectivity index (χ3v) is 1.18. The van der Waals surface area contributed by atoms with Crippen LogP contribution in [-0.4, -0.2) is 39.9 Å². The van der Waals surface area contributed by atoms with Gasteiger partial charge in [0.15, 0.2) is 11.4 Å². The fourth-order valence-corrected chi connectivity index (χ4v) is 0.273. The van der Waals surface area contributed by atoms with E-state index in [2.05, 4.69) is 0 Å². The number of hydrogen-bond donors (Lipinski definition) is 3. The first-order valence-corrected chi connectivity index (χ1v) is 2.52. The van der Waals surface area contributed by atoms with E-state index in [0.29, 0.717) is 0 Å². The van der Waals surface area contributed by atoms with Crippen molar-refractivity contribution in [2.24, 2.45) is 0 Å². The van der Waals surface area contributed by atoms with Crippen LogP contribution in [0.5, 0.6) is 0 Å². The Morgan fingerprint density at radius 2 is 1.78 bits per heavy atom. The Kier molecular flexibility index (Phi) is 2.76. The first kappa shape index (κ1) is 8.55. The van der Waals surface area contributed by atoms with Gasteiger partial charge in [0.25, 0.3) is 0 Å². The minimum atomic E-state index is -1.94. The second kappa shape index (κ2) is 2.91. The maximum absolute atomic E-state index is 10.4. The predicted octanol–water partition coefficient (Wildman–Crippen LogP) is -1.71. The van der Waals surface area contributed by atoms with E-state index < -0.39 is 24.6 Å². The number of ketones is 1. The van der Waals surface area contributed by atoms with Crippen LogP contribution in [0.1, 0.15) is 6.92 Å². The van der Waals surface area contributed by atoms with Gasteiger partial charge in [0.05, 0.1) is 13.2 Å². The van der Waals surface area contributed by atoms with Crippen LogP contribution in [0, 0.1) is 0 Å². The zero-order valence-electron chi connectivity index (χ0n) is 5.16. The lowest BCUT2D eigenvalue weighted by Gasteiger charge is -2.18. The predicted molar refractivity (Wildman–Crippen MR) is 29.8 cm³/mol. The van der Waals surface area contributed by atoms with Crippen molar-refractivity contribution in [3.05, 3.63) is 0 Å². The molecule has 0 radical (unpaired) electrons. The molecule has 0 rings (SSSR count). The number of carbonyl (C=O) groups is 1. The lowest BCUT2D eigenvalue weighted by atomic mass is 10.0. The summed E-state index contributed by atoms with van der Waals surface area (Å²) >= 11 is 0. The van der Waals surface area contributed by atoms with E-state index in [9.17, 15) is 4.79 Å². The van der Waals surface area contributed by atoms with Crippen molar-refractivity contribution in [3.8, 4) is 0 Å². The van der Waals surface area contributed by atoms with E-state index in [1.165, 1.54) is 0 Å². The largest absolute Gasteiger partial charge is 0.393 e. The van der Waals surface area contributed by atoms with Gasteiger partial charge in [0.2, 0.25) is 0 Å². The highest BCUT2D eigenvalue weighted by atomic mass is 16.4.